The normalized spacial score (nSPS) is 18.8. The molecule has 3 fully saturated rings. The van der Waals surface area contributed by atoms with Gasteiger partial charge in [-0.25, -0.2) is 14.4 Å². The number of morpholine rings is 1. The maximum Gasteiger partial charge on any atom is 0.293 e. The third kappa shape index (κ3) is 4.36. The molecule has 0 atom stereocenters. The number of hydrogen-bond acceptors (Lipinski definition) is 7. The highest BCUT2D eigenvalue weighted by Gasteiger charge is 2.38. The smallest absolute Gasteiger partial charge is 0.293 e. The summed E-state index contributed by atoms with van der Waals surface area (Å²) >= 11 is 0. The van der Waals surface area contributed by atoms with Gasteiger partial charge in [-0.1, -0.05) is 13.3 Å². The number of anilines is 2. The second-order valence-corrected chi connectivity index (χ2v) is 11.3. The number of nitrogens with zero attached hydrogens (tertiary/aromatic N) is 5. The summed E-state index contributed by atoms with van der Waals surface area (Å²) in [6.07, 6.45) is 6.73. The van der Waals surface area contributed by atoms with E-state index < -0.39 is 11.7 Å². The molecular formula is C29H31FN6O3. The zero-order valence-corrected chi connectivity index (χ0v) is 22.2. The Morgan fingerprint density at radius 1 is 1.15 bits per heavy atom. The topological polar surface area (TPSA) is 97.8 Å². The van der Waals surface area contributed by atoms with Gasteiger partial charge in [0.05, 0.1) is 25.1 Å². The summed E-state index contributed by atoms with van der Waals surface area (Å²) in [4.78, 5) is 24.4. The molecule has 4 heterocycles. The summed E-state index contributed by atoms with van der Waals surface area (Å²) in [6.45, 7) is 6.73. The summed E-state index contributed by atoms with van der Waals surface area (Å²) in [7, 11) is 0. The molecule has 1 aromatic carbocycles. The minimum atomic E-state index is -0.527. The summed E-state index contributed by atoms with van der Waals surface area (Å²) < 4.78 is 28.4. The van der Waals surface area contributed by atoms with Gasteiger partial charge in [0.2, 0.25) is 11.7 Å². The van der Waals surface area contributed by atoms with Crippen molar-refractivity contribution in [2.24, 2.45) is 0 Å². The molecule has 0 radical (unpaired) electrons. The van der Waals surface area contributed by atoms with E-state index in [9.17, 15) is 4.79 Å². The van der Waals surface area contributed by atoms with Crippen molar-refractivity contribution >= 4 is 23.1 Å². The molecule has 10 heteroatoms. The molecule has 2 saturated carbocycles. The van der Waals surface area contributed by atoms with Crippen molar-refractivity contribution in [1.82, 2.24) is 19.6 Å². The van der Waals surface area contributed by atoms with Crippen molar-refractivity contribution in [3.63, 3.8) is 0 Å². The summed E-state index contributed by atoms with van der Waals surface area (Å²) in [5, 5.41) is 7.53. The number of halogens is 1. The number of hydrogen-bond donors (Lipinski definition) is 1. The minimum absolute atomic E-state index is 0.0757. The fraction of sp³-hybridized carbons (Fsp3) is 0.448. The summed E-state index contributed by atoms with van der Waals surface area (Å²) in [5.74, 6) is 1.82. The van der Waals surface area contributed by atoms with Crippen LogP contribution in [0.25, 0.3) is 16.8 Å². The van der Waals surface area contributed by atoms with E-state index in [-0.39, 0.29) is 16.9 Å². The van der Waals surface area contributed by atoms with E-state index in [4.69, 9.17) is 19.2 Å². The van der Waals surface area contributed by atoms with Crippen LogP contribution < -0.4 is 10.2 Å². The molecule has 4 aromatic rings. The number of amides is 1. The quantitative estimate of drug-likeness (QED) is 0.364. The van der Waals surface area contributed by atoms with Gasteiger partial charge in [0, 0.05) is 24.4 Å². The molecule has 0 spiro atoms. The van der Waals surface area contributed by atoms with Crippen LogP contribution in [0.3, 0.4) is 0 Å². The van der Waals surface area contributed by atoms with E-state index in [1.807, 2.05) is 17.5 Å². The Kier molecular flexibility index (Phi) is 5.69. The number of carbonyl (C=O) groups is 1. The van der Waals surface area contributed by atoms with Crippen LogP contribution in [0.4, 0.5) is 15.9 Å². The fourth-order valence-corrected chi connectivity index (χ4v) is 5.51. The number of ether oxygens (including phenoxy) is 1. The molecule has 7 rings (SSSR count). The SMILES string of the molecule is Cc1cc(F)c(NC(=O)c2cnc(C3(C)CCC3)o2)cc1-c1cc(N2CCOCC2)n2nc(C3CC3)nc2c1. The summed E-state index contributed by atoms with van der Waals surface area (Å²) in [6, 6.07) is 7.18. The van der Waals surface area contributed by atoms with E-state index in [1.165, 1.54) is 12.3 Å². The predicted molar refractivity (Wildman–Crippen MR) is 144 cm³/mol. The van der Waals surface area contributed by atoms with Crippen LogP contribution in [-0.4, -0.2) is 51.8 Å². The van der Waals surface area contributed by atoms with Crippen LogP contribution >= 0.6 is 0 Å². The van der Waals surface area contributed by atoms with Gasteiger partial charge in [0.15, 0.2) is 11.5 Å². The number of aromatic nitrogens is 4. The van der Waals surface area contributed by atoms with Crippen LogP contribution in [0.15, 0.2) is 34.9 Å². The average molecular weight is 531 g/mol. The van der Waals surface area contributed by atoms with Crippen molar-refractivity contribution in [1.29, 1.82) is 0 Å². The predicted octanol–water partition coefficient (Wildman–Crippen LogP) is 5.24. The third-order valence-corrected chi connectivity index (χ3v) is 8.29. The summed E-state index contributed by atoms with van der Waals surface area (Å²) in [5.41, 5.74) is 3.15. The van der Waals surface area contributed by atoms with Crippen LogP contribution in [-0.2, 0) is 10.2 Å². The number of fused-ring (bicyclic) bond motifs is 1. The molecule has 3 aliphatic rings. The molecule has 3 aromatic heterocycles. The van der Waals surface area contributed by atoms with E-state index >= 15 is 4.39 Å². The van der Waals surface area contributed by atoms with Gasteiger partial charge in [-0.2, -0.15) is 4.52 Å². The van der Waals surface area contributed by atoms with Gasteiger partial charge in [-0.3, -0.25) is 4.79 Å². The lowest BCUT2D eigenvalue weighted by molar-refractivity contribution is 0.0987. The Balaban J connectivity index is 1.24. The highest BCUT2D eigenvalue weighted by atomic mass is 19.1. The maximum absolute atomic E-state index is 15.1. The Morgan fingerprint density at radius 2 is 1.95 bits per heavy atom. The minimum Gasteiger partial charge on any atom is -0.435 e. The number of carbonyl (C=O) groups excluding carboxylic acids is 1. The van der Waals surface area contributed by atoms with Crippen molar-refractivity contribution in [3.05, 3.63) is 59.3 Å². The van der Waals surface area contributed by atoms with Crippen LogP contribution in [0.5, 0.6) is 0 Å². The van der Waals surface area contributed by atoms with Crippen LogP contribution in [0.1, 0.15) is 72.8 Å². The van der Waals surface area contributed by atoms with E-state index in [2.05, 4.69) is 28.2 Å². The zero-order chi connectivity index (χ0) is 26.7. The molecule has 9 nitrogen and oxygen atoms in total. The largest absolute Gasteiger partial charge is 0.435 e. The second-order valence-electron chi connectivity index (χ2n) is 11.3. The molecule has 1 aliphatic heterocycles. The van der Waals surface area contributed by atoms with Gasteiger partial charge in [-0.15, -0.1) is 5.10 Å². The van der Waals surface area contributed by atoms with Gasteiger partial charge < -0.3 is 19.4 Å². The van der Waals surface area contributed by atoms with Gasteiger partial charge >= 0.3 is 0 Å². The maximum atomic E-state index is 15.1. The molecule has 1 amide bonds. The number of oxazole rings is 1. The lowest BCUT2D eigenvalue weighted by Crippen LogP contribution is -2.37. The van der Waals surface area contributed by atoms with E-state index in [1.54, 1.807) is 6.07 Å². The lowest BCUT2D eigenvalue weighted by Gasteiger charge is -2.34. The Labute approximate surface area is 225 Å². The van der Waals surface area contributed by atoms with Crippen molar-refractivity contribution in [3.8, 4) is 11.1 Å². The number of rotatable bonds is 6. The molecule has 2 aliphatic carbocycles. The number of benzene rings is 1. The molecule has 39 heavy (non-hydrogen) atoms. The van der Waals surface area contributed by atoms with E-state index in [0.717, 1.165) is 79.2 Å². The van der Waals surface area contributed by atoms with Crippen LogP contribution in [0, 0.1) is 12.7 Å². The third-order valence-electron chi connectivity index (χ3n) is 8.29. The zero-order valence-electron chi connectivity index (χ0n) is 22.2. The monoisotopic (exact) mass is 530 g/mol. The lowest BCUT2D eigenvalue weighted by atomic mass is 9.70. The second kappa shape index (κ2) is 9.15. The molecule has 1 saturated heterocycles. The Morgan fingerprint density at radius 3 is 2.67 bits per heavy atom. The van der Waals surface area contributed by atoms with E-state index in [0.29, 0.717) is 25.0 Å². The molecule has 1 N–H and O–H groups in total. The van der Waals surface area contributed by atoms with Gasteiger partial charge in [0.25, 0.3) is 5.91 Å². The first-order chi connectivity index (χ1) is 18.9. The number of nitrogens with one attached hydrogen (secondary N) is 1. The Bertz CT molecular complexity index is 1580. The van der Waals surface area contributed by atoms with Crippen molar-refractivity contribution in [2.75, 3.05) is 36.5 Å². The first-order valence-corrected chi connectivity index (χ1v) is 13.7. The van der Waals surface area contributed by atoms with Gasteiger partial charge in [0.1, 0.15) is 11.6 Å². The fourth-order valence-electron chi connectivity index (χ4n) is 5.51. The highest BCUT2D eigenvalue weighted by molar-refractivity contribution is 6.02. The first kappa shape index (κ1) is 24.3. The average Bonchev–Trinajstić information content (AvgIpc) is 3.48. The molecule has 0 unspecified atom stereocenters. The van der Waals surface area contributed by atoms with Gasteiger partial charge in [-0.05, 0) is 73.6 Å². The van der Waals surface area contributed by atoms with Crippen molar-refractivity contribution in [2.45, 2.75) is 57.3 Å². The molecular weight excluding hydrogens is 499 g/mol. The van der Waals surface area contributed by atoms with Crippen molar-refractivity contribution < 1.29 is 18.3 Å². The Hall–Kier alpha value is -3.79. The number of aryl methyl sites for hydroxylation is 1. The molecule has 202 valence electrons. The molecule has 0 bridgehead atoms. The van der Waals surface area contributed by atoms with Crippen LogP contribution in [0.2, 0.25) is 0 Å². The first-order valence-electron chi connectivity index (χ1n) is 13.7. The number of pyridine rings is 1. The highest BCUT2D eigenvalue weighted by Crippen LogP contribution is 2.43. The standard InChI is InChI=1S/C29H31FN6O3/c1-17-12-21(30)22(32-27(37)23-16-31-28(39-23)29(2)6-3-7-29)15-20(17)19-13-24-33-26(18-4-5-18)34-36(24)25(14-19)35-8-10-38-11-9-35/h12-16,18H,3-11H2,1-2H3,(H,32,37).